The Morgan fingerprint density at radius 2 is 1.64 bits per heavy atom. The quantitative estimate of drug-likeness (QED) is 0.458. The average molecular weight is 413 g/mol. The molecule has 5 nitrogen and oxygen atoms in total. The predicted octanol–water partition coefficient (Wildman–Crippen LogP) is 2.72. The van der Waals surface area contributed by atoms with Crippen LogP contribution in [0.15, 0.2) is 60.7 Å². The summed E-state index contributed by atoms with van der Waals surface area (Å²) in [7, 11) is 0. The van der Waals surface area contributed by atoms with Gasteiger partial charge < -0.3 is 16.0 Å². The summed E-state index contributed by atoms with van der Waals surface area (Å²) in [5.41, 5.74) is 2.25. The molecule has 3 rings (SSSR count). The number of amides is 1. The number of hydrogen-bond donors (Lipinski definition) is 3. The van der Waals surface area contributed by atoms with E-state index in [1.807, 2.05) is 48.5 Å². The van der Waals surface area contributed by atoms with Crippen molar-refractivity contribution in [1.82, 2.24) is 20.9 Å². The van der Waals surface area contributed by atoms with Gasteiger partial charge in [0.2, 0.25) is 0 Å². The third kappa shape index (κ3) is 5.74. The van der Waals surface area contributed by atoms with Gasteiger partial charge in [-0.25, -0.2) is 0 Å². The van der Waals surface area contributed by atoms with Crippen LogP contribution < -0.4 is 16.0 Å². The van der Waals surface area contributed by atoms with Gasteiger partial charge in [0.25, 0.3) is 5.91 Å². The van der Waals surface area contributed by atoms with E-state index in [0.29, 0.717) is 36.3 Å². The Morgan fingerprint density at radius 3 is 2.32 bits per heavy atom. The lowest BCUT2D eigenvalue weighted by atomic mass is 10.1. The minimum absolute atomic E-state index is 0.0404. The molecular weight excluding hydrogens is 388 g/mol. The van der Waals surface area contributed by atoms with Crippen LogP contribution in [0, 0.1) is 0 Å². The van der Waals surface area contributed by atoms with Gasteiger partial charge in [0, 0.05) is 13.1 Å². The maximum atomic E-state index is 12.6. The average Bonchev–Trinajstić information content (AvgIpc) is 2.99. The molecule has 1 atom stereocenters. The van der Waals surface area contributed by atoms with E-state index in [1.54, 1.807) is 4.90 Å². The summed E-state index contributed by atoms with van der Waals surface area (Å²) in [4.78, 5) is 14.3. The van der Waals surface area contributed by atoms with Gasteiger partial charge in [-0.3, -0.25) is 9.69 Å². The zero-order valence-corrected chi connectivity index (χ0v) is 17.2. The first-order valence-electron chi connectivity index (χ1n) is 9.35. The second-order valence-electron chi connectivity index (χ2n) is 6.65. The highest BCUT2D eigenvalue weighted by atomic mass is 32.1. The molecular formula is C21H24N4OS2. The van der Waals surface area contributed by atoms with Gasteiger partial charge >= 0.3 is 0 Å². The summed E-state index contributed by atoms with van der Waals surface area (Å²) in [5, 5.41) is 10.6. The molecule has 1 saturated heterocycles. The van der Waals surface area contributed by atoms with Crippen LogP contribution >= 0.6 is 24.4 Å². The molecule has 2 aromatic carbocycles. The molecule has 2 aromatic rings. The lowest BCUT2D eigenvalue weighted by Gasteiger charge is -2.15. The standard InChI is InChI=1S/C21H24N4OS2/c26-19-18(24-21(28)25(19)15-17-10-5-2-6-11-17)12-7-13-22-20(27)23-14-16-8-3-1-4-9-16/h1-6,8-11,18H,7,12-15H2,(H,24,28)(H2,22,23,27)/t18-/m0/s1. The molecule has 1 aliphatic rings. The zero-order chi connectivity index (χ0) is 19.8. The molecule has 0 radical (unpaired) electrons. The maximum Gasteiger partial charge on any atom is 0.251 e. The summed E-state index contributed by atoms with van der Waals surface area (Å²) in [5.74, 6) is 0.0404. The molecule has 1 amide bonds. The van der Waals surface area contributed by atoms with Crippen LogP contribution in [0.1, 0.15) is 24.0 Å². The number of nitrogens with zero attached hydrogens (tertiary/aromatic N) is 1. The van der Waals surface area contributed by atoms with Crippen LogP contribution in [0.25, 0.3) is 0 Å². The lowest BCUT2D eigenvalue weighted by Crippen LogP contribution is -2.36. The van der Waals surface area contributed by atoms with Crippen LogP contribution in [0.3, 0.4) is 0 Å². The number of carbonyl (C=O) groups excluding carboxylic acids is 1. The van der Waals surface area contributed by atoms with Gasteiger partial charge in [-0.1, -0.05) is 60.7 Å². The molecule has 0 unspecified atom stereocenters. The highest BCUT2D eigenvalue weighted by molar-refractivity contribution is 7.80. The smallest absolute Gasteiger partial charge is 0.251 e. The van der Waals surface area contributed by atoms with Crippen LogP contribution in [-0.2, 0) is 17.9 Å². The third-order valence-corrected chi connectivity index (χ3v) is 5.17. The van der Waals surface area contributed by atoms with E-state index in [2.05, 4.69) is 28.1 Å². The summed E-state index contributed by atoms with van der Waals surface area (Å²) in [6, 6.07) is 19.7. The molecule has 1 heterocycles. The minimum Gasteiger partial charge on any atom is -0.363 e. The highest BCUT2D eigenvalue weighted by Crippen LogP contribution is 2.15. The molecule has 146 valence electrons. The molecule has 1 aliphatic heterocycles. The lowest BCUT2D eigenvalue weighted by molar-refractivity contribution is -0.127. The van der Waals surface area contributed by atoms with Crippen LogP contribution in [-0.4, -0.2) is 33.6 Å². The first-order chi connectivity index (χ1) is 13.6. The molecule has 3 N–H and O–H groups in total. The van der Waals surface area contributed by atoms with Gasteiger partial charge in [-0.15, -0.1) is 0 Å². The number of carbonyl (C=O) groups is 1. The SMILES string of the molecule is O=C1[C@H](CCCNC(=S)NCc2ccccc2)NC(=S)N1Cc1ccccc1. The Balaban J connectivity index is 1.36. The van der Waals surface area contributed by atoms with Gasteiger partial charge in [0.15, 0.2) is 10.2 Å². The van der Waals surface area contributed by atoms with Crippen LogP contribution in [0.4, 0.5) is 0 Å². The molecule has 0 saturated carbocycles. The van der Waals surface area contributed by atoms with Crippen molar-refractivity contribution in [2.24, 2.45) is 0 Å². The fraction of sp³-hybridized carbons (Fsp3) is 0.286. The minimum atomic E-state index is -0.260. The normalized spacial score (nSPS) is 16.0. The zero-order valence-electron chi connectivity index (χ0n) is 15.6. The molecule has 28 heavy (non-hydrogen) atoms. The Labute approximate surface area is 176 Å². The van der Waals surface area contributed by atoms with Gasteiger partial charge in [-0.2, -0.15) is 0 Å². The van der Waals surface area contributed by atoms with Crippen molar-refractivity contribution in [3.8, 4) is 0 Å². The fourth-order valence-corrected chi connectivity index (χ4v) is 3.51. The van der Waals surface area contributed by atoms with Crippen LogP contribution in [0.5, 0.6) is 0 Å². The van der Waals surface area contributed by atoms with E-state index < -0.39 is 0 Å². The van der Waals surface area contributed by atoms with Crippen molar-refractivity contribution < 1.29 is 4.79 Å². The fourth-order valence-electron chi connectivity index (χ4n) is 3.04. The van der Waals surface area contributed by atoms with Crippen molar-refractivity contribution in [2.75, 3.05) is 6.54 Å². The first kappa shape index (κ1) is 20.2. The van der Waals surface area contributed by atoms with E-state index in [4.69, 9.17) is 24.4 Å². The number of benzene rings is 2. The Hall–Kier alpha value is -2.51. The Kier molecular flexibility index (Phi) is 7.33. The topological polar surface area (TPSA) is 56.4 Å². The molecule has 7 heteroatoms. The Bertz CT molecular complexity index is 814. The van der Waals surface area contributed by atoms with Crippen molar-refractivity contribution in [1.29, 1.82) is 0 Å². The van der Waals surface area contributed by atoms with E-state index in [0.717, 1.165) is 12.0 Å². The Morgan fingerprint density at radius 1 is 1.00 bits per heavy atom. The number of rotatable bonds is 8. The van der Waals surface area contributed by atoms with E-state index in [1.165, 1.54) is 5.56 Å². The molecule has 0 aliphatic carbocycles. The monoisotopic (exact) mass is 412 g/mol. The molecule has 1 fully saturated rings. The van der Waals surface area contributed by atoms with Gasteiger partial charge in [0.1, 0.15) is 6.04 Å². The van der Waals surface area contributed by atoms with Crippen molar-refractivity contribution >= 4 is 40.6 Å². The van der Waals surface area contributed by atoms with Gasteiger partial charge in [-0.05, 0) is 48.4 Å². The van der Waals surface area contributed by atoms with E-state index in [9.17, 15) is 4.79 Å². The van der Waals surface area contributed by atoms with E-state index in [-0.39, 0.29) is 11.9 Å². The summed E-state index contributed by atoms with van der Waals surface area (Å²) >= 11 is 10.6. The molecule has 0 spiro atoms. The largest absolute Gasteiger partial charge is 0.363 e. The van der Waals surface area contributed by atoms with Crippen LogP contribution in [0.2, 0.25) is 0 Å². The molecule has 0 aromatic heterocycles. The summed E-state index contributed by atoms with van der Waals surface area (Å²) in [6.45, 7) is 1.91. The van der Waals surface area contributed by atoms with Crippen molar-refractivity contribution in [3.63, 3.8) is 0 Å². The van der Waals surface area contributed by atoms with Crippen molar-refractivity contribution in [3.05, 3.63) is 71.8 Å². The first-order valence-corrected chi connectivity index (χ1v) is 10.2. The second-order valence-corrected chi connectivity index (χ2v) is 7.44. The number of nitrogens with one attached hydrogen (secondary N) is 3. The van der Waals surface area contributed by atoms with Gasteiger partial charge in [0.05, 0.1) is 6.54 Å². The number of thiocarbonyl (C=S) groups is 2. The van der Waals surface area contributed by atoms with Crippen molar-refractivity contribution in [2.45, 2.75) is 32.0 Å². The summed E-state index contributed by atoms with van der Waals surface area (Å²) < 4.78 is 0. The predicted molar refractivity (Wildman–Crippen MR) is 120 cm³/mol. The maximum absolute atomic E-state index is 12.6. The highest BCUT2D eigenvalue weighted by Gasteiger charge is 2.34. The summed E-state index contributed by atoms with van der Waals surface area (Å²) in [6.07, 6.45) is 1.52. The molecule has 0 bridgehead atoms. The number of hydrogen-bond acceptors (Lipinski definition) is 3. The second kappa shape index (κ2) is 10.1. The third-order valence-electron chi connectivity index (χ3n) is 4.54. The van der Waals surface area contributed by atoms with E-state index >= 15 is 0 Å².